The summed E-state index contributed by atoms with van der Waals surface area (Å²) >= 11 is 0. The number of ether oxygens (including phenoxy) is 2. The van der Waals surface area contributed by atoms with Gasteiger partial charge in [0.1, 0.15) is 6.04 Å². The number of carbonyl (C=O) groups is 3. The summed E-state index contributed by atoms with van der Waals surface area (Å²) in [5, 5.41) is 25.0. The van der Waals surface area contributed by atoms with E-state index in [-0.39, 0.29) is 11.7 Å². The van der Waals surface area contributed by atoms with Crippen molar-refractivity contribution in [3.8, 4) is 11.5 Å². The van der Waals surface area contributed by atoms with E-state index in [4.69, 9.17) is 9.47 Å². The molecule has 3 atom stereocenters. The van der Waals surface area contributed by atoms with Crippen molar-refractivity contribution in [3.63, 3.8) is 0 Å². The monoisotopic (exact) mass is 478 g/mol. The van der Waals surface area contributed by atoms with Crippen LogP contribution in [-0.2, 0) is 19.1 Å². The fourth-order valence-electron chi connectivity index (χ4n) is 4.47. The van der Waals surface area contributed by atoms with E-state index in [2.05, 4.69) is 10.6 Å². The molecule has 0 unspecified atom stereocenters. The number of carbonyl (C=O) groups excluding carboxylic acids is 2. The van der Waals surface area contributed by atoms with Crippen LogP contribution in [-0.4, -0.2) is 60.9 Å². The first-order valence-corrected chi connectivity index (χ1v) is 11.9. The van der Waals surface area contributed by atoms with E-state index < -0.39 is 36.4 Å². The number of rotatable bonds is 13. The Morgan fingerprint density at radius 3 is 2.41 bits per heavy atom. The standard InChI is InChI=1S/C25H38N2O7/c1-16(18-9-10-22(33-2)21(28)14-18)11-12-26-19(15-23(29)30)24(31)27-20(25(32)34-3)13-17-7-5-4-6-8-17/h9-10,14,16-17,19-20,26,28H,4-8,11-13,15H2,1-3H3,(H,27,31)(H,29,30)/t16-,19-,20-/m0/s1. The Morgan fingerprint density at radius 2 is 1.82 bits per heavy atom. The summed E-state index contributed by atoms with van der Waals surface area (Å²) in [6.45, 7) is 2.36. The van der Waals surface area contributed by atoms with Crippen molar-refractivity contribution < 1.29 is 34.1 Å². The first-order valence-electron chi connectivity index (χ1n) is 11.9. The van der Waals surface area contributed by atoms with Crippen LogP contribution < -0.4 is 15.4 Å². The fourth-order valence-corrected chi connectivity index (χ4v) is 4.47. The van der Waals surface area contributed by atoms with Gasteiger partial charge in [0.05, 0.1) is 26.7 Å². The number of hydrogen-bond acceptors (Lipinski definition) is 7. The van der Waals surface area contributed by atoms with Crippen molar-refractivity contribution in [1.29, 1.82) is 0 Å². The van der Waals surface area contributed by atoms with Gasteiger partial charge in [0.25, 0.3) is 0 Å². The molecule has 0 radical (unpaired) electrons. The number of phenols is 1. The third-order valence-corrected chi connectivity index (χ3v) is 6.53. The minimum atomic E-state index is -1.11. The number of carboxylic acids is 1. The lowest BCUT2D eigenvalue weighted by Gasteiger charge is -2.27. The summed E-state index contributed by atoms with van der Waals surface area (Å²) in [5.41, 5.74) is 0.901. The van der Waals surface area contributed by atoms with Crippen molar-refractivity contribution in [2.24, 2.45) is 5.92 Å². The van der Waals surface area contributed by atoms with Crippen molar-refractivity contribution in [3.05, 3.63) is 23.8 Å². The van der Waals surface area contributed by atoms with Gasteiger partial charge >= 0.3 is 11.9 Å². The second-order valence-corrected chi connectivity index (χ2v) is 9.05. The van der Waals surface area contributed by atoms with Crippen molar-refractivity contribution in [2.45, 2.75) is 76.3 Å². The molecule has 4 N–H and O–H groups in total. The summed E-state index contributed by atoms with van der Waals surface area (Å²) in [5.74, 6) is -1.32. The largest absolute Gasteiger partial charge is 0.504 e. The molecule has 0 aromatic heterocycles. The summed E-state index contributed by atoms with van der Waals surface area (Å²) < 4.78 is 9.95. The van der Waals surface area contributed by atoms with Crippen LogP contribution >= 0.6 is 0 Å². The van der Waals surface area contributed by atoms with Gasteiger partial charge in [0, 0.05) is 0 Å². The van der Waals surface area contributed by atoms with E-state index in [1.165, 1.54) is 20.6 Å². The summed E-state index contributed by atoms with van der Waals surface area (Å²) in [4.78, 5) is 36.6. The average molecular weight is 479 g/mol. The quantitative estimate of drug-likeness (QED) is 0.318. The molecule has 1 fully saturated rings. The Hall–Kier alpha value is -2.81. The minimum absolute atomic E-state index is 0.0481. The van der Waals surface area contributed by atoms with Gasteiger partial charge in [-0.15, -0.1) is 0 Å². The predicted molar refractivity (Wildman–Crippen MR) is 127 cm³/mol. The molecule has 1 amide bonds. The lowest BCUT2D eigenvalue weighted by Crippen LogP contribution is -2.52. The number of aromatic hydroxyl groups is 1. The molecule has 34 heavy (non-hydrogen) atoms. The maximum Gasteiger partial charge on any atom is 0.328 e. The van der Waals surface area contributed by atoms with Crippen LogP contribution in [0.5, 0.6) is 11.5 Å². The fraction of sp³-hybridized carbons (Fsp3) is 0.640. The Balaban J connectivity index is 1.96. The highest BCUT2D eigenvalue weighted by Crippen LogP contribution is 2.30. The molecule has 1 aliphatic carbocycles. The van der Waals surface area contributed by atoms with Gasteiger partial charge in [-0.3, -0.25) is 9.59 Å². The maximum absolute atomic E-state index is 12.9. The zero-order valence-electron chi connectivity index (χ0n) is 20.3. The number of nitrogens with one attached hydrogen (secondary N) is 2. The highest BCUT2D eigenvalue weighted by Gasteiger charge is 2.30. The molecule has 1 aromatic carbocycles. The number of amides is 1. The van der Waals surface area contributed by atoms with Gasteiger partial charge in [-0.25, -0.2) is 4.79 Å². The van der Waals surface area contributed by atoms with Gasteiger partial charge in [-0.05, 0) is 48.9 Å². The molecule has 1 aromatic rings. The molecule has 0 spiro atoms. The number of hydrogen-bond donors (Lipinski definition) is 4. The van der Waals surface area contributed by atoms with E-state index in [0.29, 0.717) is 31.1 Å². The summed E-state index contributed by atoms with van der Waals surface area (Å²) in [6, 6.07) is 3.41. The second-order valence-electron chi connectivity index (χ2n) is 9.05. The number of aliphatic carboxylic acids is 1. The summed E-state index contributed by atoms with van der Waals surface area (Å²) in [7, 11) is 2.77. The Kier molecular flexibility index (Phi) is 11.1. The normalized spacial score (nSPS) is 16.8. The van der Waals surface area contributed by atoms with Gasteiger partial charge in [0.2, 0.25) is 5.91 Å². The van der Waals surface area contributed by atoms with E-state index in [9.17, 15) is 24.6 Å². The van der Waals surface area contributed by atoms with Crippen molar-refractivity contribution >= 4 is 17.8 Å². The van der Waals surface area contributed by atoms with E-state index in [1.807, 2.05) is 13.0 Å². The molecule has 9 nitrogen and oxygen atoms in total. The average Bonchev–Trinajstić information content (AvgIpc) is 2.82. The van der Waals surface area contributed by atoms with Crippen molar-refractivity contribution in [1.82, 2.24) is 10.6 Å². The molecule has 2 rings (SSSR count). The molecule has 0 bridgehead atoms. The van der Waals surface area contributed by atoms with Gasteiger partial charge in [-0.2, -0.15) is 0 Å². The van der Waals surface area contributed by atoms with Crippen LogP contribution in [0.3, 0.4) is 0 Å². The van der Waals surface area contributed by atoms with E-state index in [0.717, 1.165) is 31.2 Å². The first kappa shape index (κ1) is 27.4. The molecule has 190 valence electrons. The Labute approximate surface area is 201 Å². The smallest absolute Gasteiger partial charge is 0.328 e. The lowest BCUT2D eigenvalue weighted by molar-refractivity contribution is -0.146. The van der Waals surface area contributed by atoms with Crippen LogP contribution in [0.15, 0.2) is 18.2 Å². The molecular formula is C25H38N2O7. The molecule has 0 aliphatic heterocycles. The highest BCUT2D eigenvalue weighted by molar-refractivity contribution is 5.90. The number of esters is 1. The lowest BCUT2D eigenvalue weighted by atomic mass is 9.84. The van der Waals surface area contributed by atoms with Gasteiger partial charge < -0.3 is 30.3 Å². The third-order valence-electron chi connectivity index (χ3n) is 6.53. The SMILES string of the molecule is COC(=O)[C@H](CC1CCCCC1)NC(=O)[C@H](CC(=O)O)NCC[C@H](C)c1ccc(OC)c(O)c1. The maximum atomic E-state index is 12.9. The third kappa shape index (κ3) is 8.52. The highest BCUT2D eigenvalue weighted by atomic mass is 16.5. The molecule has 0 saturated heterocycles. The molecule has 1 saturated carbocycles. The predicted octanol–water partition coefficient (Wildman–Crippen LogP) is 2.96. The second kappa shape index (κ2) is 13.8. The van der Waals surface area contributed by atoms with E-state index in [1.54, 1.807) is 12.1 Å². The van der Waals surface area contributed by atoms with Crippen LogP contribution in [0.25, 0.3) is 0 Å². The van der Waals surface area contributed by atoms with Crippen molar-refractivity contribution in [2.75, 3.05) is 20.8 Å². The number of benzene rings is 1. The first-order chi connectivity index (χ1) is 16.2. The van der Waals surface area contributed by atoms with Crippen LogP contribution in [0.2, 0.25) is 0 Å². The van der Waals surface area contributed by atoms with Crippen LogP contribution in [0.4, 0.5) is 0 Å². The Bertz CT molecular complexity index is 823. The summed E-state index contributed by atoms with van der Waals surface area (Å²) in [6.07, 6.45) is 6.14. The molecule has 1 aliphatic rings. The minimum Gasteiger partial charge on any atom is -0.504 e. The molecular weight excluding hydrogens is 440 g/mol. The number of carboxylic acid groups (broad SMARTS) is 1. The number of methoxy groups -OCH3 is 2. The molecule has 0 heterocycles. The van der Waals surface area contributed by atoms with Crippen LogP contribution in [0.1, 0.15) is 69.8 Å². The van der Waals surface area contributed by atoms with E-state index >= 15 is 0 Å². The van der Waals surface area contributed by atoms with Crippen LogP contribution in [0, 0.1) is 5.92 Å². The topological polar surface area (TPSA) is 134 Å². The van der Waals surface area contributed by atoms with Gasteiger partial charge in [0.15, 0.2) is 11.5 Å². The zero-order valence-corrected chi connectivity index (χ0v) is 20.3. The zero-order chi connectivity index (χ0) is 25.1. The Morgan fingerprint density at radius 1 is 1.12 bits per heavy atom. The van der Waals surface area contributed by atoms with Gasteiger partial charge in [-0.1, -0.05) is 45.1 Å². The molecule has 9 heteroatoms. The number of phenolic OH excluding ortho intramolecular Hbond substituents is 1.